The highest BCUT2D eigenvalue weighted by molar-refractivity contribution is 5.46. The van der Waals surface area contributed by atoms with Crippen LogP contribution in [-0.4, -0.2) is 61.6 Å². The highest BCUT2D eigenvalue weighted by Crippen LogP contribution is 2.22. The Morgan fingerprint density at radius 2 is 2.17 bits per heavy atom. The summed E-state index contributed by atoms with van der Waals surface area (Å²) in [5.74, 6) is 1.78. The van der Waals surface area contributed by atoms with Crippen molar-refractivity contribution in [2.45, 2.75) is 18.9 Å². The molecule has 0 amide bonds. The van der Waals surface area contributed by atoms with Gasteiger partial charge in [-0.3, -0.25) is 0 Å². The fourth-order valence-electron chi connectivity index (χ4n) is 2.96. The molecule has 0 aliphatic carbocycles. The summed E-state index contributed by atoms with van der Waals surface area (Å²) in [6.07, 6.45) is 3.92. The Bertz CT molecular complexity index is 787. The molecule has 0 N–H and O–H groups in total. The molecule has 0 bridgehead atoms. The van der Waals surface area contributed by atoms with E-state index in [1.165, 1.54) is 4.63 Å². The molecule has 1 aliphatic heterocycles. The molecule has 1 atom stereocenters. The molecule has 0 aromatic carbocycles. The van der Waals surface area contributed by atoms with Crippen LogP contribution in [0.2, 0.25) is 0 Å². The maximum atomic E-state index is 4.47. The molecule has 1 unspecified atom stereocenters. The summed E-state index contributed by atoms with van der Waals surface area (Å²) in [5.41, 5.74) is 0.645. The smallest absolute Gasteiger partial charge is 0.200 e. The average Bonchev–Trinajstić information content (AvgIpc) is 3.09. The summed E-state index contributed by atoms with van der Waals surface area (Å²) in [6.45, 7) is 1.90. The molecular formula is C14H17N9. The topological polar surface area (TPSA) is 88.2 Å². The second kappa shape index (κ2) is 5.75. The number of rotatable bonds is 3. The molecule has 0 radical (unpaired) electrons. The lowest BCUT2D eigenvalue weighted by atomic mass is 10.0. The Labute approximate surface area is 132 Å². The van der Waals surface area contributed by atoms with E-state index >= 15 is 0 Å². The van der Waals surface area contributed by atoms with Crippen molar-refractivity contribution in [3.05, 3.63) is 30.5 Å². The molecule has 9 heteroatoms. The number of anilines is 2. The van der Waals surface area contributed by atoms with Crippen molar-refractivity contribution in [3.8, 4) is 0 Å². The van der Waals surface area contributed by atoms with Gasteiger partial charge in [0.15, 0.2) is 17.3 Å². The minimum absolute atomic E-state index is 0.354. The Hall–Kier alpha value is -2.84. The van der Waals surface area contributed by atoms with Gasteiger partial charge in [0.2, 0.25) is 0 Å². The zero-order valence-corrected chi connectivity index (χ0v) is 12.8. The Morgan fingerprint density at radius 3 is 3.04 bits per heavy atom. The second-order valence-electron chi connectivity index (χ2n) is 5.65. The summed E-state index contributed by atoms with van der Waals surface area (Å²) >= 11 is 0. The van der Waals surface area contributed by atoms with Crippen LogP contribution in [0, 0.1) is 0 Å². The molecule has 4 heterocycles. The maximum absolute atomic E-state index is 4.47. The monoisotopic (exact) mass is 311 g/mol. The number of hydrogen-bond donors (Lipinski definition) is 0. The van der Waals surface area contributed by atoms with Crippen molar-refractivity contribution in [2.75, 3.05) is 29.9 Å². The van der Waals surface area contributed by atoms with Crippen LogP contribution in [0.5, 0.6) is 0 Å². The molecule has 1 fully saturated rings. The number of nitrogens with zero attached hydrogens (tertiary/aromatic N) is 9. The maximum Gasteiger partial charge on any atom is 0.200 e. The summed E-state index contributed by atoms with van der Waals surface area (Å²) in [5, 5.41) is 24.0. The molecule has 3 aromatic rings. The van der Waals surface area contributed by atoms with Gasteiger partial charge >= 0.3 is 0 Å². The second-order valence-corrected chi connectivity index (χ2v) is 5.65. The van der Waals surface area contributed by atoms with E-state index in [9.17, 15) is 0 Å². The number of hydrogen-bond acceptors (Lipinski definition) is 8. The van der Waals surface area contributed by atoms with Gasteiger partial charge in [0, 0.05) is 32.4 Å². The van der Waals surface area contributed by atoms with Crippen molar-refractivity contribution in [2.24, 2.45) is 0 Å². The molecular weight excluding hydrogens is 294 g/mol. The van der Waals surface area contributed by atoms with Gasteiger partial charge in [-0.1, -0.05) is 0 Å². The standard InChI is InChI=1S/C14H17N9/c1-21(14-7-6-13-17-19-20-23(13)18-14)11-4-3-9-22(10-11)12-5-2-8-15-16-12/h2,5-8,11H,3-4,9-10H2,1H3. The highest BCUT2D eigenvalue weighted by atomic mass is 15.6. The van der Waals surface area contributed by atoms with Gasteiger partial charge < -0.3 is 9.80 Å². The first kappa shape index (κ1) is 13.8. The number of likely N-dealkylation sites (N-methyl/N-ethyl adjacent to an activating group) is 1. The van der Waals surface area contributed by atoms with E-state index in [-0.39, 0.29) is 0 Å². The molecule has 0 saturated carbocycles. The lowest BCUT2D eigenvalue weighted by Gasteiger charge is -2.38. The van der Waals surface area contributed by atoms with E-state index < -0.39 is 0 Å². The zero-order valence-electron chi connectivity index (χ0n) is 12.8. The van der Waals surface area contributed by atoms with Crippen LogP contribution in [0.1, 0.15) is 12.8 Å². The van der Waals surface area contributed by atoms with Gasteiger partial charge in [-0.15, -0.1) is 19.9 Å². The Balaban J connectivity index is 1.54. The number of piperidine rings is 1. The third-order valence-corrected chi connectivity index (χ3v) is 4.24. The first-order valence-corrected chi connectivity index (χ1v) is 7.62. The van der Waals surface area contributed by atoms with Crippen LogP contribution in [-0.2, 0) is 0 Å². The first-order valence-electron chi connectivity index (χ1n) is 7.62. The fourth-order valence-corrected chi connectivity index (χ4v) is 2.96. The molecule has 0 spiro atoms. The Morgan fingerprint density at radius 1 is 1.22 bits per heavy atom. The molecule has 23 heavy (non-hydrogen) atoms. The third kappa shape index (κ3) is 2.65. The average molecular weight is 311 g/mol. The molecule has 1 saturated heterocycles. The zero-order chi connectivity index (χ0) is 15.6. The van der Waals surface area contributed by atoms with Gasteiger partial charge in [-0.25, -0.2) is 0 Å². The predicted octanol–water partition coefficient (Wildman–Crippen LogP) is 0.414. The SMILES string of the molecule is CN(c1ccc2nnnn2n1)C1CCCN(c2cccnn2)C1. The van der Waals surface area contributed by atoms with E-state index in [1.807, 2.05) is 24.3 Å². The Kier molecular flexibility index (Phi) is 3.45. The van der Waals surface area contributed by atoms with Crippen molar-refractivity contribution < 1.29 is 0 Å². The molecule has 4 rings (SSSR count). The van der Waals surface area contributed by atoms with Crippen molar-refractivity contribution in [1.29, 1.82) is 0 Å². The van der Waals surface area contributed by atoms with Gasteiger partial charge in [0.25, 0.3) is 0 Å². The van der Waals surface area contributed by atoms with Crippen LogP contribution >= 0.6 is 0 Å². The summed E-state index contributed by atoms with van der Waals surface area (Å²) in [7, 11) is 2.06. The summed E-state index contributed by atoms with van der Waals surface area (Å²) in [4.78, 5) is 4.46. The van der Waals surface area contributed by atoms with Crippen LogP contribution < -0.4 is 9.80 Å². The predicted molar refractivity (Wildman–Crippen MR) is 84.2 cm³/mol. The molecule has 9 nitrogen and oxygen atoms in total. The largest absolute Gasteiger partial charge is 0.353 e. The highest BCUT2D eigenvalue weighted by Gasteiger charge is 2.25. The van der Waals surface area contributed by atoms with E-state index in [2.05, 4.69) is 47.7 Å². The van der Waals surface area contributed by atoms with Crippen LogP contribution in [0.25, 0.3) is 5.65 Å². The minimum Gasteiger partial charge on any atom is -0.353 e. The van der Waals surface area contributed by atoms with Crippen molar-refractivity contribution >= 4 is 17.3 Å². The molecule has 118 valence electrons. The van der Waals surface area contributed by atoms with E-state index in [0.717, 1.165) is 37.6 Å². The first-order chi connectivity index (χ1) is 11.3. The number of fused-ring (bicyclic) bond motifs is 1. The quantitative estimate of drug-likeness (QED) is 0.687. The van der Waals surface area contributed by atoms with Crippen LogP contribution in [0.4, 0.5) is 11.6 Å². The fraction of sp³-hybridized carbons (Fsp3) is 0.429. The van der Waals surface area contributed by atoms with Gasteiger partial charge in [-0.05, 0) is 47.5 Å². The van der Waals surface area contributed by atoms with Crippen LogP contribution in [0.3, 0.4) is 0 Å². The molecule has 3 aromatic heterocycles. The number of tetrazole rings is 1. The van der Waals surface area contributed by atoms with E-state index in [1.54, 1.807) is 6.20 Å². The van der Waals surface area contributed by atoms with Crippen molar-refractivity contribution in [3.63, 3.8) is 0 Å². The summed E-state index contributed by atoms with van der Waals surface area (Å²) in [6, 6.07) is 8.10. The lowest BCUT2D eigenvalue weighted by Crippen LogP contribution is -2.47. The molecule has 1 aliphatic rings. The summed E-state index contributed by atoms with van der Waals surface area (Å²) < 4.78 is 1.45. The minimum atomic E-state index is 0.354. The van der Waals surface area contributed by atoms with Gasteiger partial charge in [-0.2, -0.15) is 5.10 Å². The third-order valence-electron chi connectivity index (χ3n) is 4.24. The number of aromatic nitrogens is 7. The normalized spacial score (nSPS) is 18.3. The van der Waals surface area contributed by atoms with E-state index in [0.29, 0.717) is 11.7 Å². The van der Waals surface area contributed by atoms with E-state index in [4.69, 9.17) is 0 Å². The van der Waals surface area contributed by atoms with Gasteiger partial charge in [0.05, 0.1) is 0 Å². The van der Waals surface area contributed by atoms with Crippen molar-refractivity contribution in [1.82, 2.24) is 35.5 Å². The van der Waals surface area contributed by atoms with Crippen LogP contribution in [0.15, 0.2) is 30.5 Å². The lowest BCUT2D eigenvalue weighted by molar-refractivity contribution is 0.480. The van der Waals surface area contributed by atoms with Gasteiger partial charge in [0.1, 0.15) is 0 Å².